The van der Waals surface area contributed by atoms with Gasteiger partial charge >= 0.3 is 0 Å². The maximum absolute atomic E-state index is 8.46. The van der Waals surface area contributed by atoms with Crippen LogP contribution in [0.15, 0.2) is 36.4 Å². The zero-order valence-corrected chi connectivity index (χ0v) is 10.4. The summed E-state index contributed by atoms with van der Waals surface area (Å²) in [7, 11) is 1.67. The quantitative estimate of drug-likeness (QED) is 0.813. The molecule has 0 heterocycles. The van der Waals surface area contributed by atoms with Gasteiger partial charge in [-0.25, -0.2) is 0 Å². The Kier molecular flexibility index (Phi) is 4.03. The van der Waals surface area contributed by atoms with Gasteiger partial charge in [-0.1, -0.05) is 12.1 Å². The molecule has 0 fully saturated rings. The zero-order valence-electron chi connectivity index (χ0n) is 10.4. The fraction of sp³-hybridized carbons (Fsp3) is 0.267. The summed E-state index contributed by atoms with van der Waals surface area (Å²) in [5.41, 5.74) is 1.09. The molecule has 3 nitrogen and oxygen atoms in total. The van der Waals surface area contributed by atoms with E-state index in [2.05, 4.69) is 29.6 Å². The summed E-state index contributed by atoms with van der Waals surface area (Å²) in [4.78, 5) is 0. The second-order valence-electron chi connectivity index (χ2n) is 4.12. The molecule has 18 heavy (non-hydrogen) atoms. The number of nitrogens with zero attached hydrogens (tertiary/aromatic N) is 1. The SMILES string of the molecule is COc1ccc2cc(NCCCC#N)ccc2c1. The van der Waals surface area contributed by atoms with Gasteiger partial charge in [0.2, 0.25) is 0 Å². The molecule has 0 amide bonds. The predicted molar refractivity (Wildman–Crippen MR) is 73.8 cm³/mol. The van der Waals surface area contributed by atoms with Gasteiger partial charge in [-0.05, 0) is 41.5 Å². The highest BCUT2D eigenvalue weighted by Crippen LogP contribution is 2.23. The molecule has 0 radical (unpaired) electrons. The largest absolute Gasteiger partial charge is 0.497 e. The summed E-state index contributed by atoms with van der Waals surface area (Å²) in [6.07, 6.45) is 1.47. The van der Waals surface area contributed by atoms with Gasteiger partial charge in [0.05, 0.1) is 13.2 Å². The van der Waals surface area contributed by atoms with Crippen molar-refractivity contribution in [1.82, 2.24) is 0 Å². The van der Waals surface area contributed by atoms with Crippen molar-refractivity contribution < 1.29 is 4.74 Å². The Morgan fingerprint density at radius 1 is 1.17 bits per heavy atom. The van der Waals surface area contributed by atoms with Crippen molar-refractivity contribution in [2.75, 3.05) is 19.0 Å². The Hall–Kier alpha value is -2.21. The second-order valence-corrected chi connectivity index (χ2v) is 4.12. The van der Waals surface area contributed by atoms with E-state index in [0.717, 1.165) is 29.8 Å². The second kappa shape index (κ2) is 5.92. The number of hydrogen-bond acceptors (Lipinski definition) is 3. The summed E-state index contributed by atoms with van der Waals surface area (Å²) < 4.78 is 5.20. The average Bonchev–Trinajstić information content (AvgIpc) is 2.43. The number of fused-ring (bicyclic) bond motifs is 1. The Morgan fingerprint density at radius 3 is 2.72 bits per heavy atom. The van der Waals surface area contributed by atoms with Crippen LogP contribution in [-0.2, 0) is 0 Å². The topological polar surface area (TPSA) is 45.0 Å². The molecule has 0 spiro atoms. The molecule has 3 heteroatoms. The van der Waals surface area contributed by atoms with E-state index in [4.69, 9.17) is 10.00 Å². The predicted octanol–water partition coefficient (Wildman–Crippen LogP) is 3.56. The van der Waals surface area contributed by atoms with Crippen molar-refractivity contribution in [1.29, 1.82) is 5.26 Å². The van der Waals surface area contributed by atoms with Crippen molar-refractivity contribution >= 4 is 16.5 Å². The van der Waals surface area contributed by atoms with Crippen LogP contribution in [0.4, 0.5) is 5.69 Å². The molecule has 0 aliphatic heterocycles. The summed E-state index contributed by atoms with van der Waals surface area (Å²) in [5.74, 6) is 0.872. The Morgan fingerprint density at radius 2 is 1.94 bits per heavy atom. The fourth-order valence-corrected chi connectivity index (χ4v) is 1.86. The van der Waals surface area contributed by atoms with Crippen molar-refractivity contribution in [2.24, 2.45) is 0 Å². The van der Waals surface area contributed by atoms with E-state index in [1.807, 2.05) is 18.2 Å². The van der Waals surface area contributed by atoms with E-state index in [1.54, 1.807) is 7.11 Å². The summed E-state index contributed by atoms with van der Waals surface area (Å²) in [6.45, 7) is 0.829. The van der Waals surface area contributed by atoms with Crippen LogP contribution in [0.3, 0.4) is 0 Å². The average molecular weight is 240 g/mol. The number of nitrogens with one attached hydrogen (secondary N) is 1. The highest BCUT2D eigenvalue weighted by molar-refractivity contribution is 5.86. The lowest BCUT2D eigenvalue weighted by atomic mass is 10.1. The number of anilines is 1. The van der Waals surface area contributed by atoms with E-state index in [1.165, 1.54) is 5.39 Å². The number of benzene rings is 2. The van der Waals surface area contributed by atoms with Crippen LogP contribution >= 0.6 is 0 Å². The maximum Gasteiger partial charge on any atom is 0.119 e. The van der Waals surface area contributed by atoms with Crippen molar-refractivity contribution in [3.63, 3.8) is 0 Å². The third-order valence-electron chi connectivity index (χ3n) is 2.84. The smallest absolute Gasteiger partial charge is 0.119 e. The van der Waals surface area contributed by atoms with Gasteiger partial charge in [0, 0.05) is 18.7 Å². The molecule has 0 aliphatic carbocycles. The molecule has 0 saturated carbocycles. The van der Waals surface area contributed by atoms with E-state index >= 15 is 0 Å². The Bertz CT molecular complexity index is 572. The summed E-state index contributed by atoms with van der Waals surface area (Å²) in [5, 5.41) is 14.1. The van der Waals surface area contributed by atoms with Crippen LogP contribution in [0.1, 0.15) is 12.8 Å². The highest BCUT2D eigenvalue weighted by Gasteiger charge is 1.98. The molecule has 0 aromatic heterocycles. The minimum absolute atomic E-state index is 0.595. The molecule has 0 atom stereocenters. The van der Waals surface area contributed by atoms with Crippen molar-refractivity contribution in [3.05, 3.63) is 36.4 Å². The zero-order chi connectivity index (χ0) is 12.8. The first-order valence-corrected chi connectivity index (χ1v) is 6.02. The maximum atomic E-state index is 8.46. The van der Waals surface area contributed by atoms with Crippen LogP contribution in [0.25, 0.3) is 10.8 Å². The lowest BCUT2D eigenvalue weighted by Gasteiger charge is -2.07. The molecule has 92 valence electrons. The first-order valence-electron chi connectivity index (χ1n) is 6.02. The highest BCUT2D eigenvalue weighted by atomic mass is 16.5. The fourth-order valence-electron chi connectivity index (χ4n) is 1.86. The minimum atomic E-state index is 0.595. The molecule has 0 bridgehead atoms. The normalized spacial score (nSPS) is 10.0. The van der Waals surface area contributed by atoms with Crippen LogP contribution in [0.5, 0.6) is 5.75 Å². The first kappa shape index (κ1) is 12.3. The summed E-state index contributed by atoms with van der Waals surface area (Å²) in [6, 6.07) is 14.4. The van der Waals surface area contributed by atoms with Crippen LogP contribution in [0.2, 0.25) is 0 Å². The molecule has 0 unspecified atom stereocenters. The Balaban J connectivity index is 2.10. The van der Waals surface area contributed by atoms with Gasteiger partial charge in [-0.15, -0.1) is 0 Å². The van der Waals surface area contributed by atoms with E-state index < -0.39 is 0 Å². The molecule has 2 rings (SSSR count). The van der Waals surface area contributed by atoms with Gasteiger partial charge in [0.1, 0.15) is 5.75 Å². The van der Waals surface area contributed by atoms with Gasteiger partial charge in [0.15, 0.2) is 0 Å². The standard InChI is InChI=1S/C15H16N2O/c1-18-15-7-5-12-10-14(6-4-13(12)11-15)17-9-3-2-8-16/h4-7,10-11,17H,2-3,9H2,1H3. The third-order valence-corrected chi connectivity index (χ3v) is 2.84. The Labute approximate surface area is 107 Å². The van der Waals surface area contributed by atoms with E-state index in [-0.39, 0.29) is 0 Å². The van der Waals surface area contributed by atoms with Crippen LogP contribution < -0.4 is 10.1 Å². The molecule has 0 aliphatic rings. The molecular weight excluding hydrogens is 224 g/mol. The number of hydrogen-bond donors (Lipinski definition) is 1. The number of methoxy groups -OCH3 is 1. The van der Waals surface area contributed by atoms with Crippen LogP contribution in [-0.4, -0.2) is 13.7 Å². The lowest BCUT2D eigenvalue weighted by Crippen LogP contribution is -2.00. The van der Waals surface area contributed by atoms with Crippen LogP contribution in [0, 0.1) is 11.3 Å². The minimum Gasteiger partial charge on any atom is -0.497 e. The summed E-state index contributed by atoms with van der Waals surface area (Å²) >= 11 is 0. The molecular formula is C15H16N2O. The molecule has 2 aromatic rings. The monoisotopic (exact) mass is 240 g/mol. The third kappa shape index (κ3) is 2.92. The lowest BCUT2D eigenvalue weighted by molar-refractivity contribution is 0.415. The van der Waals surface area contributed by atoms with Gasteiger partial charge in [-0.2, -0.15) is 5.26 Å². The number of nitriles is 1. The van der Waals surface area contributed by atoms with Gasteiger partial charge < -0.3 is 10.1 Å². The number of unbranched alkanes of at least 4 members (excludes halogenated alkanes) is 1. The van der Waals surface area contributed by atoms with Gasteiger partial charge in [0.25, 0.3) is 0 Å². The molecule has 0 saturated heterocycles. The number of rotatable bonds is 5. The van der Waals surface area contributed by atoms with Gasteiger partial charge in [-0.3, -0.25) is 0 Å². The van der Waals surface area contributed by atoms with E-state index in [9.17, 15) is 0 Å². The number of ether oxygens (including phenoxy) is 1. The van der Waals surface area contributed by atoms with E-state index in [0.29, 0.717) is 6.42 Å². The van der Waals surface area contributed by atoms with Crippen molar-refractivity contribution in [2.45, 2.75) is 12.8 Å². The molecule has 1 N–H and O–H groups in total. The molecule has 2 aromatic carbocycles. The first-order chi connectivity index (χ1) is 8.83. The van der Waals surface area contributed by atoms with Crippen molar-refractivity contribution in [3.8, 4) is 11.8 Å².